The molecule has 1 heterocycles. The average Bonchev–Trinajstić information content (AvgIpc) is 2.81. The van der Waals surface area contributed by atoms with Gasteiger partial charge >= 0.3 is 6.18 Å². The molecule has 1 aliphatic heterocycles. The van der Waals surface area contributed by atoms with Crippen LogP contribution in [0.15, 0.2) is 29.4 Å². The predicted molar refractivity (Wildman–Crippen MR) is 74.1 cm³/mol. The molecule has 0 saturated carbocycles. The molecule has 0 unspecified atom stereocenters. The summed E-state index contributed by atoms with van der Waals surface area (Å²) >= 11 is 0. The van der Waals surface area contributed by atoms with Crippen LogP contribution in [0.25, 0.3) is 0 Å². The van der Waals surface area contributed by atoms with Crippen molar-refractivity contribution in [3.63, 3.8) is 0 Å². The van der Waals surface area contributed by atoms with Crippen molar-refractivity contribution in [3.8, 4) is 11.5 Å². The molecule has 0 aliphatic carbocycles. The lowest BCUT2D eigenvalue weighted by molar-refractivity contribution is -0.302. The van der Waals surface area contributed by atoms with Gasteiger partial charge in [-0.1, -0.05) is 12.1 Å². The fraction of sp³-hybridized carbons (Fsp3) is 0.429. The molecule has 1 aromatic carbocycles. The Morgan fingerprint density at radius 2 is 2.00 bits per heavy atom. The molecule has 126 valence electrons. The number of hydrogen-bond donors (Lipinski definition) is 1. The maximum absolute atomic E-state index is 13.0. The smallest absolute Gasteiger partial charge is 0.438 e. The Balaban J connectivity index is 2.13. The molecule has 1 amide bonds. The van der Waals surface area contributed by atoms with E-state index >= 15 is 0 Å². The summed E-state index contributed by atoms with van der Waals surface area (Å²) in [6.45, 7) is 0.570. The van der Waals surface area contributed by atoms with Crippen LogP contribution in [0.1, 0.15) is 13.3 Å². The number of hydrogen-bond acceptors (Lipinski definition) is 5. The van der Waals surface area contributed by atoms with Crippen LogP contribution < -0.4 is 9.47 Å². The number of carbonyl (C=O) groups excluding carboxylic acids is 1. The Kier molecular flexibility index (Phi) is 4.51. The van der Waals surface area contributed by atoms with Gasteiger partial charge in [-0.2, -0.15) is 23.3 Å². The van der Waals surface area contributed by atoms with Crippen LogP contribution in [-0.4, -0.2) is 47.4 Å². The van der Waals surface area contributed by atoms with Crippen LogP contribution in [0.2, 0.25) is 0 Å². The van der Waals surface area contributed by atoms with Gasteiger partial charge in [0.25, 0.3) is 11.6 Å². The summed E-state index contributed by atoms with van der Waals surface area (Å²) in [5.41, 5.74) is -3.35. The van der Waals surface area contributed by atoms with Gasteiger partial charge in [-0.25, -0.2) is 0 Å². The first-order valence-electron chi connectivity index (χ1n) is 6.61. The maximum atomic E-state index is 13.0. The largest absolute Gasteiger partial charge is 0.493 e. The van der Waals surface area contributed by atoms with Gasteiger partial charge < -0.3 is 14.6 Å². The van der Waals surface area contributed by atoms with Crippen molar-refractivity contribution in [2.75, 3.05) is 13.7 Å². The Labute approximate surface area is 130 Å². The van der Waals surface area contributed by atoms with Gasteiger partial charge in [-0.05, 0) is 19.1 Å². The van der Waals surface area contributed by atoms with Crippen molar-refractivity contribution in [3.05, 3.63) is 24.3 Å². The fourth-order valence-corrected chi connectivity index (χ4v) is 2.14. The van der Waals surface area contributed by atoms with Gasteiger partial charge in [-0.15, -0.1) is 0 Å². The molecule has 6 nitrogen and oxygen atoms in total. The SMILES string of the molecule is COc1ccccc1OCC(=O)N1N=C(C)C[C@@]1(O)C(F)(F)F. The second-order valence-corrected chi connectivity index (χ2v) is 4.97. The summed E-state index contributed by atoms with van der Waals surface area (Å²) in [5, 5.41) is 13.3. The zero-order valence-corrected chi connectivity index (χ0v) is 12.4. The van der Waals surface area contributed by atoms with Gasteiger partial charge in [-0.3, -0.25) is 4.79 Å². The van der Waals surface area contributed by atoms with Crippen LogP contribution in [0, 0.1) is 0 Å². The Morgan fingerprint density at radius 3 is 2.57 bits per heavy atom. The van der Waals surface area contributed by atoms with E-state index in [4.69, 9.17) is 9.47 Å². The Hall–Kier alpha value is -2.29. The summed E-state index contributed by atoms with van der Waals surface area (Å²) in [6.07, 6.45) is -5.83. The number of alkyl halides is 3. The topological polar surface area (TPSA) is 71.4 Å². The van der Waals surface area contributed by atoms with Crippen LogP contribution in [-0.2, 0) is 4.79 Å². The third-order valence-corrected chi connectivity index (χ3v) is 3.23. The molecule has 0 spiro atoms. The summed E-state index contributed by atoms with van der Waals surface area (Å²) in [4.78, 5) is 12.0. The monoisotopic (exact) mass is 332 g/mol. The van der Waals surface area contributed by atoms with E-state index < -0.39 is 30.8 Å². The molecule has 9 heteroatoms. The summed E-state index contributed by atoms with van der Waals surface area (Å²) in [5.74, 6) is -0.598. The van der Waals surface area contributed by atoms with Crippen molar-refractivity contribution < 1.29 is 32.5 Å². The minimum absolute atomic E-state index is 0.00420. The summed E-state index contributed by atoms with van der Waals surface area (Å²) in [7, 11) is 1.39. The molecule has 1 aromatic rings. The highest BCUT2D eigenvalue weighted by Crippen LogP contribution is 2.40. The minimum atomic E-state index is -5.03. The first kappa shape index (κ1) is 17.1. The second-order valence-electron chi connectivity index (χ2n) is 4.97. The molecule has 1 N–H and O–H groups in total. The van der Waals surface area contributed by atoms with Gasteiger partial charge in [0.15, 0.2) is 18.1 Å². The third kappa shape index (κ3) is 3.24. The highest BCUT2D eigenvalue weighted by molar-refractivity contribution is 5.89. The van der Waals surface area contributed by atoms with E-state index in [1.165, 1.54) is 20.1 Å². The molecule has 0 saturated heterocycles. The van der Waals surface area contributed by atoms with Gasteiger partial charge in [0.05, 0.1) is 7.11 Å². The molecular weight excluding hydrogens is 317 g/mol. The molecular formula is C14H15F3N2O4. The van der Waals surface area contributed by atoms with Gasteiger partial charge in [0, 0.05) is 12.1 Å². The van der Waals surface area contributed by atoms with Crippen molar-refractivity contribution in [2.45, 2.75) is 25.2 Å². The summed E-state index contributed by atoms with van der Waals surface area (Å²) < 4.78 is 49.3. The van der Waals surface area contributed by atoms with E-state index in [0.29, 0.717) is 5.75 Å². The van der Waals surface area contributed by atoms with E-state index in [1.54, 1.807) is 18.2 Å². The second kappa shape index (κ2) is 6.07. The van der Waals surface area contributed by atoms with Crippen LogP contribution in [0.3, 0.4) is 0 Å². The number of methoxy groups -OCH3 is 1. The number of rotatable bonds is 4. The van der Waals surface area contributed by atoms with Gasteiger partial charge in [0.2, 0.25) is 0 Å². The molecule has 2 rings (SSSR count). The van der Waals surface area contributed by atoms with Crippen LogP contribution in [0.5, 0.6) is 11.5 Å². The molecule has 0 bridgehead atoms. The lowest BCUT2D eigenvalue weighted by Gasteiger charge is -2.32. The molecule has 0 aromatic heterocycles. The Morgan fingerprint density at radius 1 is 1.39 bits per heavy atom. The van der Waals surface area contributed by atoms with E-state index in [2.05, 4.69) is 5.10 Å². The number of halogens is 3. The highest BCUT2D eigenvalue weighted by Gasteiger charge is 2.62. The number of aliphatic hydroxyl groups is 1. The quantitative estimate of drug-likeness (QED) is 0.915. The van der Waals surface area contributed by atoms with E-state index in [9.17, 15) is 23.1 Å². The Bertz CT molecular complexity index is 633. The zero-order chi connectivity index (χ0) is 17.3. The third-order valence-electron chi connectivity index (χ3n) is 3.23. The van der Waals surface area contributed by atoms with Crippen molar-refractivity contribution >= 4 is 11.6 Å². The van der Waals surface area contributed by atoms with Crippen molar-refractivity contribution in [2.24, 2.45) is 5.10 Å². The number of amides is 1. The number of benzene rings is 1. The highest BCUT2D eigenvalue weighted by atomic mass is 19.4. The van der Waals surface area contributed by atoms with Crippen LogP contribution >= 0.6 is 0 Å². The normalized spacial score (nSPS) is 21.1. The van der Waals surface area contributed by atoms with E-state index in [0.717, 1.165) is 0 Å². The molecule has 0 fully saturated rings. The van der Waals surface area contributed by atoms with Crippen molar-refractivity contribution in [1.29, 1.82) is 0 Å². The van der Waals surface area contributed by atoms with E-state index in [1.807, 2.05) is 0 Å². The first-order chi connectivity index (χ1) is 10.7. The fourth-order valence-electron chi connectivity index (χ4n) is 2.14. The zero-order valence-electron chi connectivity index (χ0n) is 12.4. The number of hydrazone groups is 1. The lowest BCUT2D eigenvalue weighted by Crippen LogP contribution is -2.57. The molecule has 1 atom stereocenters. The average molecular weight is 332 g/mol. The lowest BCUT2D eigenvalue weighted by atomic mass is 10.1. The molecule has 23 heavy (non-hydrogen) atoms. The van der Waals surface area contributed by atoms with Gasteiger partial charge in [0.1, 0.15) is 0 Å². The standard InChI is InChI=1S/C14H15F3N2O4/c1-9-7-13(21,14(15,16)17)19(18-9)12(20)8-23-11-6-4-3-5-10(11)22-2/h3-6,21H,7-8H2,1-2H3/t13-/m1/s1. The molecule has 1 aliphatic rings. The number of nitrogens with zero attached hydrogens (tertiary/aromatic N) is 2. The maximum Gasteiger partial charge on any atom is 0.438 e. The van der Waals surface area contributed by atoms with Crippen LogP contribution in [0.4, 0.5) is 13.2 Å². The van der Waals surface area contributed by atoms with Crippen molar-refractivity contribution in [1.82, 2.24) is 5.01 Å². The number of para-hydroxylation sites is 2. The number of ether oxygens (including phenoxy) is 2. The van der Waals surface area contributed by atoms with E-state index in [-0.39, 0.29) is 16.5 Å². The molecule has 0 radical (unpaired) electrons. The number of carbonyl (C=O) groups is 1. The summed E-state index contributed by atoms with van der Waals surface area (Å²) in [6, 6.07) is 6.36. The predicted octanol–water partition coefficient (Wildman–Crippen LogP) is 1.93. The first-order valence-corrected chi connectivity index (χ1v) is 6.61. The minimum Gasteiger partial charge on any atom is -0.493 e.